The predicted octanol–water partition coefficient (Wildman–Crippen LogP) is 3.26. The lowest BCUT2D eigenvalue weighted by Crippen LogP contribution is -2.50. The Morgan fingerprint density at radius 1 is 1.20 bits per heavy atom. The summed E-state index contributed by atoms with van der Waals surface area (Å²) in [5.41, 5.74) is 1.60. The molecule has 0 spiro atoms. The van der Waals surface area contributed by atoms with E-state index in [1.165, 1.54) is 0 Å². The molecule has 2 bridgehead atoms. The fraction of sp³-hybridized carbons (Fsp3) is 0.556. The number of urea groups is 2. The van der Waals surface area contributed by atoms with E-state index in [-0.39, 0.29) is 18.1 Å². The zero-order valence-corrected chi connectivity index (χ0v) is 15.7. The van der Waals surface area contributed by atoms with Gasteiger partial charge in [-0.05, 0) is 43.4 Å². The van der Waals surface area contributed by atoms with Crippen LogP contribution >= 0.6 is 11.6 Å². The number of nitrogens with one attached hydrogen (secondary N) is 1. The molecule has 0 radical (unpaired) electrons. The van der Waals surface area contributed by atoms with Gasteiger partial charge in [-0.15, -0.1) is 0 Å². The van der Waals surface area contributed by atoms with Gasteiger partial charge in [-0.1, -0.05) is 17.7 Å². The molecule has 0 unspecified atom stereocenters. The van der Waals surface area contributed by atoms with Crippen molar-refractivity contribution in [3.63, 3.8) is 0 Å². The van der Waals surface area contributed by atoms with E-state index in [1.807, 2.05) is 34.9 Å². The number of hydrogen-bond acceptors (Lipinski definition) is 2. The first-order valence-corrected chi connectivity index (χ1v) is 9.03. The van der Waals surface area contributed by atoms with Crippen molar-refractivity contribution in [1.82, 2.24) is 14.7 Å². The molecule has 0 aromatic heterocycles. The topological polar surface area (TPSA) is 55.9 Å². The van der Waals surface area contributed by atoms with Gasteiger partial charge in [0.25, 0.3) is 0 Å². The highest BCUT2D eigenvalue weighted by Crippen LogP contribution is 2.30. The number of carbonyl (C=O) groups is 2. The number of carbonyl (C=O) groups excluding carboxylic acids is 2. The molecule has 3 aliphatic heterocycles. The van der Waals surface area contributed by atoms with Crippen LogP contribution in [-0.2, 0) is 0 Å². The molecule has 3 aliphatic rings. The molecule has 4 amide bonds. The average molecular weight is 365 g/mol. The van der Waals surface area contributed by atoms with Gasteiger partial charge >= 0.3 is 12.1 Å². The summed E-state index contributed by atoms with van der Waals surface area (Å²) in [5, 5.41) is 3.63. The van der Waals surface area contributed by atoms with Gasteiger partial charge in [-0.2, -0.15) is 0 Å². The molecule has 25 heavy (non-hydrogen) atoms. The van der Waals surface area contributed by atoms with Gasteiger partial charge < -0.3 is 20.0 Å². The van der Waals surface area contributed by atoms with Crippen molar-refractivity contribution >= 4 is 29.4 Å². The molecule has 3 fully saturated rings. The summed E-state index contributed by atoms with van der Waals surface area (Å²) in [5.74, 6) is 0.328. The van der Waals surface area contributed by atoms with E-state index >= 15 is 0 Å². The zero-order valence-electron chi connectivity index (χ0n) is 15.0. The highest BCUT2D eigenvalue weighted by atomic mass is 35.5. The van der Waals surface area contributed by atoms with E-state index in [4.69, 9.17) is 11.6 Å². The number of anilines is 1. The number of halogens is 1. The Kier molecular flexibility index (Phi) is 5.08. The molecule has 136 valence electrons. The zero-order chi connectivity index (χ0) is 18.1. The lowest BCUT2D eigenvalue weighted by Gasteiger charge is -2.36. The normalized spacial score (nSPS) is 22.6. The van der Waals surface area contributed by atoms with Gasteiger partial charge in [-0.3, -0.25) is 0 Å². The van der Waals surface area contributed by atoms with Crippen LogP contribution in [0, 0.1) is 12.8 Å². The van der Waals surface area contributed by atoms with Gasteiger partial charge in [0.2, 0.25) is 0 Å². The second-order valence-corrected chi connectivity index (χ2v) is 7.58. The first-order valence-electron chi connectivity index (χ1n) is 8.65. The third-order valence-electron chi connectivity index (χ3n) is 5.14. The highest BCUT2D eigenvalue weighted by molar-refractivity contribution is 6.31. The van der Waals surface area contributed by atoms with Gasteiger partial charge in [0.1, 0.15) is 0 Å². The maximum atomic E-state index is 12.8. The first kappa shape index (κ1) is 17.9. The summed E-state index contributed by atoms with van der Waals surface area (Å²) in [4.78, 5) is 30.5. The number of rotatable bonds is 1. The number of fused-ring (bicyclic) bond motifs is 4. The van der Waals surface area contributed by atoms with Crippen LogP contribution in [0.2, 0.25) is 5.02 Å². The van der Waals surface area contributed by atoms with Crippen molar-refractivity contribution in [3.05, 3.63) is 28.8 Å². The fourth-order valence-corrected chi connectivity index (χ4v) is 3.87. The monoisotopic (exact) mass is 364 g/mol. The van der Waals surface area contributed by atoms with Crippen molar-refractivity contribution in [3.8, 4) is 0 Å². The number of nitrogens with zero attached hydrogens (tertiary/aromatic N) is 3. The molecule has 3 heterocycles. The predicted molar refractivity (Wildman–Crippen MR) is 99.1 cm³/mol. The molecular weight excluding hydrogens is 340 g/mol. The smallest absolute Gasteiger partial charge is 0.322 e. The minimum atomic E-state index is -0.112. The average Bonchev–Trinajstić information content (AvgIpc) is 2.90. The third kappa shape index (κ3) is 3.68. The molecule has 3 saturated heterocycles. The molecule has 1 aromatic carbocycles. The van der Waals surface area contributed by atoms with Gasteiger partial charge in [-0.25, -0.2) is 9.59 Å². The number of piperidine rings is 1. The second-order valence-electron chi connectivity index (χ2n) is 7.17. The van der Waals surface area contributed by atoms with Crippen LogP contribution in [-0.4, -0.2) is 66.5 Å². The van der Waals surface area contributed by atoms with E-state index in [2.05, 4.69) is 5.32 Å². The summed E-state index contributed by atoms with van der Waals surface area (Å²) in [7, 11) is 3.53. The van der Waals surface area contributed by atoms with Gasteiger partial charge in [0.15, 0.2) is 0 Å². The SMILES string of the molecule is Cc1c(Cl)cccc1NC(=O)N1C[C@@H]2CC[C@H]1CN(C(=O)N(C)C)C2. The van der Waals surface area contributed by atoms with E-state index in [9.17, 15) is 9.59 Å². The van der Waals surface area contributed by atoms with Gasteiger partial charge in [0.05, 0.1) is 6.04 Å². The van der Waals surface area contributed by atoms with E-state index in [0.717, 1.165) is 24.1 Å². The molecule has 0 saturated carbocycles. The summed E-state index contributed by atoms with van der Waals surface area (Å²) < 4.78 is 0. The Balaban J connectivity index is 1.74. The number of hydrogen-bond donors (Lipinski definition) is 1. The van der Waals surface area contributed by atoms with Crippen LogP contribution in [0.5, 0.6) is 0 Å². The van der Waals surface area contributed by atoms with Crippen LogP contribution in [0.25, 0.3) is 0 Å². The molecule has 1 aromatic rings. The molecule has 6 nitrogen and oxygen atoms in total. The molecule has 2 atom stereocenters. The Labute approximate surface area is 153 Å². The molecule has 4 rings (SSSR count). The summed E-state index contributed by atoms with van der Waals surface area (Å²) in [6, 6.07) is 5.46. The van der Waals surface area contributed by atoms with Gasteiger partial charge in [0, 0.05) is 44.4 Å². The molecular formula is C18H25ClN4O2. The minimum absolute atomic E-state index is 0.0184. The quantitative estimate of drug-likeness (QED) is 0.831. The Morgan fingerprint density at radius 2 is 1.96 bits per heavy atom. The lowest BCUT2D eigenvalue weighted by molar-refractivity contribution is 0.149. The van der Waals surface area contributed by atoms with Crippen LogP contribution < -0.4 is 5.32 Å². The molecule has 1 N–H and O–H groups in total. The Bertz CT molecular complexity index is 679. The molecule has 7 heteroatoms. The number of benzene rings is 1. The largest absolute Gasteiger partial charge is 0.331 e. The third-order valence-corrected chi connectivity index (χ3v) is 5.55. The minimum Gasteiger partial charge on any atom is -0.331 e. The van der Waals surface area contributed by atoms with E-state index in [0.29, 0.717) is 30.6 Å². The summed E-state index contributed by atoms with van der Waals surface area (Å²) >= 11 is 6.14. The van der Waals surface area contributed by atoms with Crippen LogP contribution in [0.15, 0.2) is 18.2 Å². The maximum Gasteiger partial charge on any atom is 0.322 e. The standard InChI is InChI=1S/C18H25ClN4O2/c1-12-15(19)5-4-6-16(12)20-17(24)23-10-13-7-8-14(23)11-22(9-13)18(25)21(2)3/h4-6,13-14H,7-11H2,1-3H3,(H,20,24)/t13-,14+/m1/s1. The van der Waals surface area contributed by atoms with Crippen molar-refractivity contribution in [2.75, 3.05) is 39.0 Å². The van der Waals surface area contributed by atoms with E-state index in [1.54, 1.807) is 19.0 Å². The van der Waals surface area contributed by atoms with Crippen LogP contribution in [0.1, 0.15) is 18.4 Å². The fourth-order valence-electron chi connectivity index (χ4n) is 3.70. The van der Waals surface area contributed by atoms with Crippen molar-refractivity contribution in [2.45, 2.75) is 25.8 Å². The number of amides is 4. The van der Waals surface area contributed by atoms with Crippen molar-refractivity contribution < 1.29 is 9.59 Å². The Morgan fingerprint density at radius 3 is 2.68 bits per heavy atom. The first-order chi connectivity index (χ1) is 11.9. The molecule has 0 aliphatic carbocycles. The van der Waals surface area contributed by atoms with Crippen molar-refractivity contribution in [1.29, 1.82) is 0 Å². The second kappa shape index (κ2) is 7.12. The van der Waals surface area contributed by atoms with Crippen LogP contribution in [0.3, 0.4) is 0 Å². The lowest BCUT2D eigenvalue weighted by atomic mass is 9.95. The summed E-state index contributed by atoms with van der Waals surface area (Å²) in [6.45, 7) is 3.89. The van der Waals surface area contributed by atoms with Crippen LogP contribution in [0.4, 0.5) is 15.3 Å². The summed E-state index contributed by atoms with van der Waals surface area (Å²) in [6.07, 6.45) is 1.99. The Hall–Kier alpha value is -1.95. The highest BCUT2D eigenvalue weighted by Gasteiger charge is 2.39. The van der Waals surface area contributed by atoms with Crippen molar-refractivity contribution in [2.24, 2.45) is 5.92 Å². The van der Waals surface area contributed by atoms with E-state index < -0.39 is 0 Å². The maximum absolute atomic E-state index is 12.8.